The van der Waals surface area contributed by atoms with Crippen LogP contribution in [0.4, 0.5) is 0 Å². The SMILES string of the molecule is CCCCCCCC(=O)c1c[nH]c2cc(Cl)ccc12. The van der Waals surface area contributed by atoms with Gasteiger partial charge in [-0.25, -0.2) is 0 Å². The first-order valence-electron chi connectivity index (χ1n) is 7.02. The summed E-state index contributed by atoms with van der Waals surface area (Å²) in [6.45, 7) is 2.20. The van der Waals surface area contributed by atoms with Crippen molar-refractivity contribution in [3.05, 3.63) is 35.0 Å². The number of hydrogen-bond acceptors (Lipinski definition) is 1. The number of carbonyl (C=O) groups excluding carboxylic acids is 1. The molecule has 1 aromatic carbocycles. The largest absolute Gasteiger partial charge is 0.360 e. The van der Waals surface area contributed by atoms with Crippen LogP contribution < -0.4 is 0 Å². The Hall–Kier alpha value is -1.28. The second-order valence-corrected chi connectivity index (χ2v) is 5.42. The molecule has 2 nitrogen and oxygen atoms in total. The molecule has 0 unspecified atom stereocenters. The van der Waals surface area contributed by atoms with Gasteiger partial charge in [-0.05, 0) is 18.6 Å². The van der Waals surface area contributed by atoms with Crippen molar-refractivity contribution in [2.75, 3.05) is 0 Å². The monoisotopic (exact) mass is 277 g/mol. The Balaban J connectivity index is 1.97. The molecule has 0 spiro atoms. The molecule has 2 aromatic rings. The quantitative estimate of drug-likeness (QED) is 0.536. The Morgan fingerprint density at radius 3 is 2.79 bits per heavy atom. The first-order valence-corrected chi connectivity index (χ1v) is 7.40. The predicted octanol–water partition coefficient (Wildman–Crippen LogP) is 5.36. The summed E-state index contributed by atoms with van der Waals surface area (Å²) in [4.78, 5) is 15.3. The van der Waals surface area contributed by atoms with Gasteiger partial charge in [0.25, 0.3) is 0 Å². The molecule has 0 atom stereocenters. The zero-order chi connectivity index (χ0) is 13.7. The predicted molar refractivity (Wildman–Crippen MR) is 81.0 cm³/mol. The second-order valence-electron chi connectivity index (χ2n) is 4.98. The molecule has 1 N–H and O–H groups in total. The maximum absolute atomic E-state index is 12.2. The van der Waals surface area contributed by atoms with Crippen LogP contribution in [-0.4, -0.2) is 10.8 Å². The van der Waals surface area contributed by atoms with Crippen LogP contribution in [0.15, 0.2) is 24.4 Å². The van der Waals surface area contributed by atoms with Gasteiger partial charge < -0.3 is 4.98 Å². The fraction of sp³-hybridized carbons (Fsp3) is 0.438. The molecule has 0 saturated carbocycles. The Morgan fingerprint density at radius 2 is 2.00 bits per heavy atom. The Morgan fingerprint density at radius 1 is 1.21 bits per heavy atom. The van der Waals surface area contributed by atoms with E-state index in [0.29, 0.717) is 11.4 Å². The molecular weight excluding hydrogens is 258 g/mol. The molecular formula is C16H20ClNO. The lowest BCUT2D eigenvalue weighted by Gasteiger charge is -2.00. The summed E-state index contributed by atoms with van der Waals surface area (Å²) < 4.78 is 0. The van der Waals surface area contributed by atoms with Gasteiger partial charge in [0, 0.05) is 34.1 Å². The van der Waals surface area contributed by atoms with Crippen LogP contribution in [0.1, 0.15) is 55.8 Å². The zero-order valence-electron chi connectivity index (χ0n) is 11.3. The number of hydrogen-bond donors (Lipinski definition) is 1. The first kappa shape index (κ1) is 14.1. The highest BCUT2D eigenvalue weighted by atomic mass is 35.5. The van der Waals surface area contributed by atoms with Gasteiger partial charge in [0.1, 0.15) is 0 Å². The van der Waals surface area contributed by atoms with Crippen molar-refractivity contribution in [1.29, 1.82) is 0 Å². The highest BCUT2D eigenvalue weighted by Gasteiger charge is 2.11. The highest BCUT2D eigenvalue weighted by molar-refractivity contribution is 6.31. The van der Waals surface area contributed by atoms with Crippen LogP contribution >= 0.6 is 11.6 Å². The minimum Gasteiger partial charge on any atom is -0.360 e. The molecule has 0 amide bonds. The summed E-state index contributed by atoms with van der Waals surface area (Å²) >= 11 is 5.93. The lowest BCUT2D eigenvalue weighted by atomic mass is 10.0. The van der Waals surface area contributed by atoms with E-state index in [9.17, 15) is 4.79 Å². The van der Waals surface area contributed by atoms with Crippen LogP contribution in [0.25, 0.3) is 10.9 Å². The molecule has 0 saturated heterocycles. The van der Waals surface area contributed by atoms with Crippen molar-refractivity contribution in [1.82, 2.24) is 4.98 Å². The fourth-order valence-electron chi connectivity index (χ4n) is 2.35. The number of aromatic amines is 1. The van der Waals surface area contributed by atoms with Crippen LogP contribution in [0.3, 0.4) is 0 Å². The molecule has 1 aromatic heterocycles. The van der Waals surface area contributed by atoms with Crippen molar-refractivity contribution in [2.45, 2.75) is 45.4 Å². The van der Waals surface area contributed by atoms with Gasteiger partial charge in [-0.2, -0.15) is 0 Å². The molecule has 0 fully saturated rings. The van der Waals surface area contributed by atoms with Gasteiger partial charge in [0.15, 0.2) is 5.78 Å². The number of rotatable bonds is 7. The van der Waals surface area contributed by atoms with Crippen LogP contribution in [0, 0.1) is 0 Å². The molecule has 19 heavy (non-hydrogen) atoms. The van der Waals surface area contributed by atoms with E-state index < -0.39 is 0 Å². The number of H-pyrrole nitrogens is 1. The summed E-state index contributed by atoms with van der Waals surface area (Å²) in [6.07, 6.45) is 8.30. The van der Waals surface area contributed by atoms with E-state index in [1.807, 2.05) is 18.2 Å². The number of Topliss-reactive ketones (excluding diaryl/α,β-unsaturated/α-hetero) is 1. The van der Waals surface area contributed by atoms with Gasteiger partial charge in [-0.3, -0.25) is 4.79 Å². The average Bonchev–Trinajstić information content (AvgIpc) is 2.81. The summed E-state index contributed by atoms with van der Waals surface area (Å²) in [7, 11) is 0. The second kappa shape index (κ2) is 6.76. The molecule has 0 aliphatic rings. The van der Waals surface area contributed by atoms with Crippen molar-refractivity contribution in [3.63, 3.8) is 0 Å². The van der Waals surface area contributed by atoms with Crippen molar-refractivity contribution < 1.29 is 4.79 Å². The third-order valence-electron chi connectivity index (χ3n) is 3.45. The standard InChI is InChI=1S/C16H20ClNO/c1-2-3-4-5-6-7-16(19)14-11-18-15-10-12(17)8-9-13(14)15/h8-11,18H,2-7H2,1H3. The third-order valence-corrected chi connectivity index (χ3v) is 3.69. The smallest absolute Gasteiger partial charge is 0.165 e. The van der Waals surface area contributed by atoms with E-state index in [1.54, 1.807) is 6.20 Å². The number of carbonyl (C=O) groups is 1. The van der Waals surface area contributed by atoms with Crippen molar-refractivity contribution in [2.24, 2.45) is 0 Å². The van der Waals surface area contributed by atoms with Crippen LogP contribution in [0.5, 0.6) is 0 Å². The molecule has 0 aliphatic carbocycles. The Kier molecular flexibility index (Phi) is 5.03. The average molecular weight is 278 g/mol. The highest BCUT2D eigenvalue weighted by Crippen LogP contribution is 2.23. The maximum atomic E-state index is 12.2. The number of halogens is 1. The number of fused-ring (bicyclic) bond motifs is 1. The van der Waals surface area contributed by atoms with E-state index in [0.717, 1.165) is 29.3 Å². The minimum absolute atomic E-state index is 0.227. The summed E-state index contributed by atoms with van der Waals surface area (Å²) in [6, 6.07) is 5.60. The van der Waals surface area contributed by atoms with Gasteiger partial charge in [-0.1, -0.05) is 50.3 Å². The fourth-order valence-corrected chi connectivity index (χ4v) is 2.53. The van der Waals surface area contributed by atoms with Crippen LogP contribution in [-0.2, 0) is 0 Å². The minimum atomic E-state index is 0.227. The van der Waals surface area contributed by atoms with Crippen LogP contribution in [0.2, 0.25) is 5.02 Å². The Bertz CT molecular complexity index is 559. The molecule has 0 bridgehead atoms. The summed E-state index contributed by atoms with van der Waals surface area (Å²) in [5.41, 5.74) is 1.73. The van der Waals surface area contributed by atoms with E-state index in [-0.39, 0.29) is 5.78 Å². The third kappa shape index (κ3) is 3.60. The molecule has 102 valence electrons. The molecule has 0 radical (unpaired) electrons. The van der Waals surface area contributed by atoms with E-state index in [4.69, 9.17) is 11.6 Å². The lowest BCUT2D eigenvalue weighted by molar-refractivity contribution is 0.0981. The maximum Gasteiger partial charge on any atom is 0.165 e. The zero-order valence-corrected chi connectivity index (χ0v) is 12.1. The number of ketones is 1. The molecule has 2 rings (SSSR count). The summed E-state index contributed by atoms with van der Waals surface area (Å²) in [5.74, 6) is 0.227. The number of nitrogens with one attached hydrogen (secondary N) is 1. The number of aromatic nitrogens is 1. The van der Waals surface area contributed by atoms with E-state index in [2.05, 4.69) is 11.9 Å². The molecule has 1 heterocycles. The molecule has 0 aliphatic heterocycles. The Labute approximate surface area is 119 Å². The van der Waals surface area contributed by atoms with E-state index >= 15 is 0 Å². The van der Waals surface area contributed by atoms with Gasteiger partial charge in [0.2, 0.25) is 0 Å². The first-order chi connectivity index (χ1) is 9.22. The molecule has 3 heteroatoms. The van der Waals surface area contributed by atoms with E-state index in [1.165, 1.54) is 19.3 Å². The number of unbranched alkanes of at least 4 members (excludes halogenated alkanes) is 4. The van der Waals surface area contributed by atoms with Crippen molar-refractivity contribution >= 4 is 28.3 Å². The number of benzene rings is 1. The van der Waals surface area contributed by atoms with Gasteiger partial charge in [0.05, 0.1) is 0 Å². The topological polar surface area (TPSA) is 32.9 Å². The normalized spacial score (nSPS) is 11.1. The summed E-state index contributed by atoms with van der Waals surface area (Å²) in [5, 5.41) is 1.66. The van der Waals surface area contributed by atoms with Gasteiger partial charge in [-0.15, -0.1) is 0 Å². The van der Waals surface area contributed by atoms with Crippen molar-refractivity contribution in [3.8, 4) is 0 Å². The van der Waals surface area contributed by atoms with Gasteiger partial charge >= 0.3 is 0 Å². The lowest BCUT2D eigenvalue weighted by Crippen LogP contribution is -1.97.